The molecule has 0 unspecified atom stereocenters. The fourth-order valence-electron chi connectivity index (χ4n) is 3.13. The number of carbonyl (C=O) groups excluding carboxylic acids is 1. The molecule has 1 aliphatic heterocycles. The van der Waals surface area contributed by atoms with Crippen molar-refractivity contribution >= 4 is 39.1 Å². The molecule has 144 valence electrons. The molecule has 7 heteroatoms. The molecule has 0 amide bonds. The van der Waals surface area contributed by atoms with Crippen molar-refractivity contribution in [3.63, 3.8) is 0 Å². The van der Waals surface area contributed by atoms with Crippen LogP contribution < -0.4 is 9.47 Å². The van der Waals surface area contributed by atoms with Crippen LogP contribution in [0.2, 0.25) is 0 Å². The molecule has 0 spiro atoms. The van der Waals surface area contributed by atoms with Crippen LogP contribution in [0.1, 0.15) is 10.4 Å². The van der Waals surface area contributed by atoms with Gasteiger partial charge in [0.15, 0.2) is 17.3 Å². The quantitative estimate of drug-likeness (QED) is 0.254. The van der Waals surface area contributed by atoms with E-state index in [1.54, 1.807) is 35.9 Å². The van der Waals surface area contributed by atoms with E-state index >= 15 is 0 Å². The smallest absolute Gasteiger partial charge is 0.173 e. The van der Waals surface area contributed by atoms with Crippen molar-refractivity contribution in [2.24, 2.45) is 0 Å². The van der Waals surface area contributed by atoms with Gasteiger partial charge >= 0.3 is 0 Å². The van der Waals surface area contributed by atoms with Gasteiger partial charge in [-0.1, -0.05) is 42.1 Å². The van der Waals surface area contributed by atoms with Gasteiger partial charge < -0.3 is 9.47 Å². The average molecular weight is 421 g/mol. The molecule has 0 atom stereocenters. The SMILES string of the molecule is O=C(CSc1ncnc2sc(-c3ccccc3)cc12)c1ccc2c(c1)OCCO2. The molecule has 2 aromatic heterocycles. The summed E-state index contributed by atoms with van der Waals surface area (Å²) in [6.07, 6.45) is 1.56. The van der Waals surface area contributed by atoms with Crippen LogP contribution in [0.4, 0.5) is 0 Å². The first-order valence-electron chi connectivity index (χ1n) is 9.13. The van der Waals surface area contributed by atoms with Gasteiger partial charge in [0.25, 0.3) is 0 Å². The molecule has 4 aromatic rings. The number of hydrogen-bond donors (Lipinski definition) is 0. The summed E-state index contributed by atoms with van der Waals surface area (Å²) in [7, 11) is 0. The van der Waals surface area contributed by atoms with Gasteiger partial charge in [-0.2, -0.15) is 0 Å². The zero-order chi connectivity index (χ0) is 19.6. The molecular weight excluding hydrogens is 404 g/mol. The number of aromatic nitrogens is 2. The van der Waals surface area contributed by atoms with E-state index in [1.807, 2.05) is 18.2 Å². The predicted molar refractivity (Wildman–Crippen MR) is 115 cm³/mol. The normalized spacial score (nSPS) is 12.8. The maximum atomic E-state index is 12.7. The summed E-state index contributed by atoms with van der Waals surface area (Å²) in [5.41, 5.74) is 1.76. The predicted octanol–water partition coefficient (Wildman–Crippen LogP) is 5.10. The van der Waals surface area contributed by atoms with E-state index in [0.29, 0.717) is 36.0 Å². The van der Waals surface area contributed by atoms with Crippen molar-refractivity contribution in [2.75, 3.05) is 19.0 Å². The van der Waals surface area contributed by atoms with Crippen molar-refractivity contribution in [1.82, 2.24) is 9.97 Å². The Labute approximate surface area is 175 Å². The second-order valence-electron chi connectivity index (χ2n) is 6.44. The highest BCUT2D eigenvalue weighted by atomic mass is 32.2. The number of ether oxygens (including phenoxy) is 2. The number of rotatable bonds is 5. The lowest BCUT2D eigenvalue weighted by Crippen LogP contribution is -2.16. The second-order valence-corrected chi connectivity index (χ2v) is 8.44. The van der Waals surface area contributed by atoms with Crippen LogP contribution in [0.5, 0.6) is 11.5 Å². The number of thioether (sulfide) groups is 1. The Hall–Kier alpha value is -2.90. The Morgan fingerprint density at radius 1 is 1.00 bits per heavy atom. The molecule has 29 heavy (non-hydrogen) atoms. The zero-order valence-corrected chi connectivity index (χ0v) is 17.0. The summed E-state index contributed by atoms with van der Waals surface area (Å²) in [5.74, 6) is 1.63. The molecule has 1 aliphatic rings. The minimum Gasteiger partial charge on any atom is -0.486 e. The molecule has 5 rings (SSSR count). The van der Waals surface area contributed by atoms with Gasteiger partial charge in [0.1, 0.15) is 29.4 Å². The Kier molecular flexibility index (Phi) is 4.91. The number of fused-ring (bicyclic) bond motifs is 2. The second kappa shape index (κ2) is 7.85. The number of carbonyl (C=O) groups is 1. The number of Topliss-reactive ketones (excluding diaryl/α,β-unsaturated/α-hetero) is 1. The van der Waals surface area contributed by atoms with Crippen molar-refractivity contribution in [3.8, 4) is 21.9 Å². The number of benzene rings is 2. The summed E-state index contributed by atoms with van der Waals surface area (Å²) in [6, 6.07) is 17.6. The van der Waals surface area contributed by atoms with E-state index in [2.05, 4.69) is 28.2 Å². The average Bonchev–Trinajstić information content (AvgIpc) is 3.23. The van der Waals surface area contributed by atoms with Crippen molar-refractivity contribution in [2.45, 2.75) is 5.03 Å². The summed E-state index contributed by atoms with van der Waals surface area (Å²) in [5, 5.41) is 1.80. The molecule has 3 heterocycles. The molecule has 0 saturated carbocycles. The van der Waals surface area contributed by atoms with Crippen LogP contribution >= 0.6 is 23.1 Å². The van der Waals surface area contributed by atoms with Gasteiger partial charge in [0, 0.05) is 15.8 Å². The van der Waals surface area contributed by atoms with Crippen molar-refractivity contribution < 1.29 is 14.3 Å². The van der Waals surface area contributed by atoms with Gasteiger partial charge in [0.2, 0.25) is 0 Å². The van der Waals surface area contributed by atoms with Crippen LogP contribution in [0.15, 0.2) is 66.0 Å². The van der Waals surface area contributed by atoms with Crippen LogP contribution in [0.25, 0.3) is 20.7 Å². The van der Waals surface area contributed by atoms with Crippen molar-refractivity contribution in [1.29, 1.82) is 0 Å². The lowest BCUT2D eigenvalue weighted by Gasteiger charge is -2.18. The molecule has 2 aromatic carbocycles. The number of ketones is 1. The third-order valence-corrected chi connectivity index (χ3v) is 6.65. The first-order chi connectivity index (χ1) is 14.3. The van der Waals surface area contributed by atoms with Crippen LogP contribution in [-0.2, 0) is 0 Å². The largest absolute Gasteiger partial charge is 0.486 e. The molecule has 0 fully saturated rings. The van der Waals surface area contributed by atoms with Crippen LogP contribution in [0, 0.1) is 0 Å². The first-order valence-corrected chi connectivity index (χ1v) is 10.9. The van der Waals surface area contributed by atoms with E-state index in [-0.39, 0.29) is 5.78 Å². The van der Waals surface area contributed by atoms with Gasteiger partial charge in [-0.3, -0.25) is 4.79 Å². The molecule has 0 saturated heterocycles. The number of nitrogens with zero attached hydrogens (tertiary/aromatic N) is 2. The van der Waals surface area contributed by atoms with E-state index < -0.39 is 0 Å². The summed E-state index contributed by atoms with van der Waals surface area (Å²) in [4.78, 5) is 23.6. The van der Waals surface area contributed by atoms with E-state index in [4.69, 9.17) is 9.47 Å². The van der Waals surface area contributed by atoms with Gasteiger partial charge in [-0.25, -0.2) is 9.97 Å². The molecule has 0 N–H and O–H groups in total. The highest BCUT2D eigenvalue weighted by Crippen LogP contribution is 2.36. The fraction of sp³-hybridized carbons (Fsp3) is 0.136. The van der Waals surface area contributed by atoms with Gasteiger partial charge in [0.05, 0.1) is 5.75 Å². The Morgan fingerprint density at radius 3 is 2.69 bits per heavy atom. The van der Waals surface area contributed by atoms with Crippen LogP contribution in [-0.4, -0.2) is 34.7 Å². The zero-order valence-electron chi connectivity index (χ0n) is 15.3. The summed E-state index contributed by atoms with van der Waals surface area (Å²) in [6.45, 7) is 1.03. The monoisotopic (exact) mass is 420 g/mol. The lowest BCUT2D eigenvalue weighted by molar-refractivity contribution is 0.102. The minimum absolute atomic E-state index is 0.0252. The third kappa shape index (κ3) is 3.71. The highest BCUT2D eigenvalue weighted by Gasteiger charge is 2.16. The standard InChI is InChI=1S/C22H16N2O3S2/c25-17(15-6-7-18-19(10-15)27-9-8-26-18)12-28-21-16-11-20(14-4-2-1-3-5-14)29-22(16)24-13-23-21/h1-7,10-11,13H,8-9,12H2. The van der Waals surface area contributed by atoms with Gasteiger partial charge in [-0.05, 0) is 29.8 Å². The van der Waals surface area contributed by atoms with Crippen molar-refractivity contribution in [3.05, 3.63) is 66.5 Å². The molecule has 5 nitrogen and oxygen atoms in total. The van der Waals surface area contributed by atoms with E-state index in [9.17, 15) is 4.79 Å². The maximum absolute atomic E-state index is 12.7. The maximum Gasteiger partial charge on any atom is 0.173 e. The summed E-state index contributed by atoms with van der Waals surface area (Å²) >= 11 is 3.06. The minimum atomic E-state index is 0.0252. The lowest BCUT2D eigenvalue weighted by atomic mass is 10.1. The number of thiophene rings is 1. The van der Waals surface area contributed by atoms with E-state index in [0.717, 1.165) is 25.7 Å². The molecule has 0 aliphatic carbocycles. The Bertz CT molecular complexity index is 1190. The topological polar surface area (TPSA) is 61.3 Å². The molecular formula is C22H16N2O3S2. The first kappa shape index (κ1) is 18.1. The number of hydrogen-bond acceptors (Lipinski definition) is 7. The summed E-state index contributed by atoms with van der Waals surface area (Å²) < 4.78 is 11.1. The van der Waals surface area contributed by atoms with Gasteiger partial charge in [-0.15, -0.1) is 11.3 Å². The Morgan fingerprint density at radius 2 is 1.83 bits per heavy atom. The van der Waals surface area contributed by atoms with Crippen LogP contribution in [0.3, 0.4) is 0 Å². The Balaban J connectivity index is 1.36. The molecule has 0 radical (unpaired) electrons. The molecule has 0 bridgehead atoms. The van der Waals surface area contributed by atoms with E-state index in [1.165, 1.54) is 11.8 Å². The highest BCUT2D eigenvalue weighted by molar-refractivity contribution is 8.00. The fourth-order valence-corrected chi connectivity index (χ4v) is 5.06. The third-order valence-electron chi connectivity index (χ3n) is 4.56.